The van der Waals surface area contributed by atoms with Crippen LogP contribution in [0.1, 0.15) is 0 Å². The number of hydrogen-bond acceptors (Lipinski definition) is 6. The maximum absolute atomic E-state index is 5.03. The topological polar surface area (TPSA) is 73.7 Å². The van der Waals surface area contributed by atoms with Crippen LogP contribution in [0.4, 0.5) is 0 Å². The van der Waals surface area contributed by atoms with E-state index >= 15 is 0 Å². The minimum atomic E-state index is 0.199. The molecular weight excluding hydrogens is 254 g/mol. The van der Waals surface area contributed by atoms with Gasteiger partial charge in [0.1, 0.15) is 11.4 Å². The molecule has 0 radical (unpaired) electrons. The average molecular weight is 265 g/mol. The zero-order chi connectivity index (χ0) is 13.8. The van der Waals surface area contributed by atoms with Crippen LogP contribution in [-0.4, -0.2) is 32.3 Å². The molecule has 0 spiro atoms. The van der Waals surface area contributed by atoms with Gasteiger partial charge in [-0.3, -0.25) is 9.97 Å². The molecular formula is C14H11N5O. The molecule has 6 heteroatoms. The molecule has 98 valence electrons. The van der Waals surface area contributed by atoms with Crippen molar-refractivity contribution in [2.45, 2.75) is 0 Å². The molecule has 0 amide bonds. The van der Waals surface area contributed by atoms with Gasteiger partial charge >= 0.3 is 6.01 Å². The van der Waals surface area contributed by atoms with E-state index in [1.807, 2.05) is 36.4 Å². The van der Waals surface area contributed by atoms with Gasteiger partial charge < -0.3 is 4.74 Å². The van der Waals surface area contributed by atoms with E-state index in [0.717, 1.165) is 0 Å². The highest BCUT2D eigenvalue weighted by Gasteiger charge is 2.15. The van der Waals surface area contributed by atoms with E-state index in [-0.39, 0.29) is 6.01 Å². The Kier molecular flexibility index (Phi) is 3.28. The molecule has 0 aliphatic carbocycles. The summed E-state index contributed by atoms with van der Waals surface area (Å²) < 4.78 is 5.03. The number of ether oxygens (including phenoxy) is 1. The van der Waals surface area contributed by atoms with Crippen LogP contribution in [0, 0.1) is 0 Å². The molecule has 3 aromatic heterocycles. The summed E-state index contributed by atoms with van der Waals surface area (Å²) >= 11 is 0. The van der Waals surface area contributed by atoms with Gasteiger partial charge in [-0.25, -0.2) is 0 Å². The van der Waals surface area contributed by atoms with Gasteiger partial charge in [0.25, 0.3) is 0 Å². The highest BCUT2D eigenvalue weighted by atomic mass is 16.5. The summed E-state index contributed by atoms with van der Waals surface area (Å²) in [7, 11) is 1.50. The van der Waals surface area contributed by atoms with Gasteiger partial charge in [-0.05, 0) is 24.3 Å². The second-order valence-electron chi connectivity index (χ2n) is 3.93. The van der Waals surface area contributed by atoms with E-state index in [0.29, 0.717) is 22.8 Å². The lowest BCUT2D eigenvalue weighted by molar-refractivity contribution is 0.374. The molecule has 0 atom stereocenters. The predicted octanol–water partition coefficient (Wildman–Crippen LogP) is 2.00. The second-order valence-corrected chi connectivity index (χ2v) is 3.93. The Labute approximate surface area is 115 Å². The fourth-order valence-electron chi connectivity index (χ4n) is 1.75. The molecule has 20 heavy (non-hydrogen) atoms. The Morgan fingerprint density at radius 3 is 2.00 bits per heavy atom. The van der Waals surface area contributed by atoms with E-state index in [1.165, 1.54) is 7.11 Å². The van der Waals surface area contributed by atoms with Gasteiger partial charge in [0.05, 0.1) is 18.5 Å². The van der Waals surface area contributed by atoms with Crippen LogP contribution in [0.3, 0.4) is 0 Å². The zero-order valence-corrected chi connectivity index (χ0v) is 10.8. The van der Waals surface area contributed by atoms with Gasteiger partial charge in [0, 0.05) is 12.4 Å². The molecule has 3 aromatic rings. The monoisotopic (exact) mass is 265 g/mol. The van der Waals surface area contributed by atoms with Crippen molar-refractivity contribution < 1.29 is 4.74 Å². The van der Waals surface area contributed by atoms with Crippen molar-refractivity contribution in [2.24, 2.45) is 0 Å². The fraction of sp³-hybridized carbons (Fsp3) is 0.0714. The molecule has 0 fully saturated rings. The van der Waals surface area contributed by atoms with E-state index in [4.69, 9.17) is 4.74 Å². The Bertz CT molecular complexity index is 703. The fourth-order valence-corrected chi connectivity index (χ4v) is 1.75. The summed E-state index contributed by atoms with van der Waals surface area (Å²) in [6, 6.07) is 11.4. The van der Waals surface area contributed by atoms with Crippen LogP contribution in [0.15, 0.2) is 48.8 Å². The van der Waals surface area contributed by atoms with Crippen LogP contribution < -0.4 is 4.74 Å². The number of pyridine rings is 2. The summed E-state index contributed by atoms with van der Waals surface area (Å²) in [4.78, 5) is 12.9. The summed E-state index contributed by atoms with van der Waals surface area (Å²) in [5.74, 6) is 0. The van der Waals surface area contributed by atoms with Crippen molar-refractivity contribution in [2.75, 3.05) is 7.11 Å². The zero-order valence-electron chi connectivity index (χ0n) is 10.8. The van der Waals surface area contributed by atoms with Crippen molar-refractivity contribution >= 4 is 0 Å². The van der Waals surface area contributed by atoms with Gasteiger partial charge in [0.15, 0.2) is 0 Å². The van der Waals surface area contributed by atoms with Gasteiger partial charge in [-0.1, -0.05) is 17.2 Å². The van der Waals surface area contributed by atoms with Gasteiger partial charge in [-0.2, -0.15) is 4.98 Å². The van der Waals surface area contributed by atoms with E-state index < -0.39 is 0 Å². The highest BCUT2D eigenvalue weighted by Crippen LogP contribution is 2.26. The normalized spacial score (nSPS) is 10.2. The molecule has 3 rings (SSSR count). The molecule has 0 aromatic carbocycles. The number of aromatic nitrogens is 5. The number of rotatable bonds is 3. The third-order valence-electron chi connectivity index (χ3n) is 2.66. The maximum Gasteiger partial charge on any atom is 0.336 e. The molecule has 0 bridgehead atoms. The van der Waals surface area contributed by atoms with Crippen LogP contribution in [-0.2, 0) is 0 Å². The first-order valence-corrected chi connectivity index (χ1v) is 6.00. The number of methoxy groups -OCH3 is 1. The maximum atomic E-state index is 5.03. The van der Waals surface area contributed by atoms with Crippen LogP contribution in [0.25, 0.3) is 22.8 Å². The van der Waals surface area contributed by atoms with E-state index in [1.54, 1.807) is 12.4 Å². The highest BCUT2D eigenvalue weighted by molar-refractivity contribution is 5.73. The first kappa shape index (κ1) is 12.2. The van der Waals surface area contributed by atoms with E-state index in [2.05, 4.69) is 25.1 Å². The van der Waals surface area contributed by atoms with Crippen LogP contribution in [0.2, 0.25) is 0 Å². The predicted molar refractivity (Wildman–Crippen MR) is 72.8 cm³/mol. The summed E-state index contributed by atoms with van der Waals surface area (Å²) in [5, 5.41) is 8.06. The average Bonchev–Trinajstić information content (AvgIpc) is 2.56. The molecule has 0 saturated heterocycles. The molecule has 0 aliphatic rings. The van der Waals surface area contributed by atoms with Gasteiger partial charge in [0.2, 0.25) is 0 Å². The van der Waals surface area contributed by atoms with E-state index in [9.17, 15) is 0 Å². The largest absolute Gasteiger partial charge is 0.466 e. The number of nitrogens with zero attached hydrogens (tertiary/aromatic N) is 5. The van der Waals surface area contributed by atoms with Crippen molar-refractivity contribution in [1.29, 1.82) is 0 Å². The van der Waals surface area contributed by atoms with Crippen molar-refractivity contribution in [1.82, 2.24) is 25.1 Å². The lowest BCUT2D eigenvalue weighted by Gasteiger charge is -2.07. The Balaban J connectivity index is 2.20. The third-order valence-corrected chi connectivity index (χ3v) is 2.66. The molecule has 0 aliphatic heterocycles. The first-order chi connectivity index (χ1) is 9.88. The van der Waals surface area contributed by atoms with Crippen molar-refractivity contribution in [3.8, 4) is 28.8 Å². The Morgan fingerprint density at radius 1 is 0.800 bits per heavy atom. The summed E-state index contributed by atoms with van der Waals surface area (Å²) in [5.41, 5.74) is 2.55. The smallest absolute Gasteiger partial charge is 0.336 e. The van der Waals surface area contributed by atoms with Crippen molar-refractivity contribution in [3.63, 3.8) is 0 Å². The molecule has 0 saturated carbocycles. The number of hydrogen-bond donors (Lipinski definition) is 0. The summed E-state index contributed by atoms with van der Waals surface area (Å²) in [6.07, 6.45) is 3.40. The summed E-state index contributed by atoms with van der Waals surface area (Å²) in [6.45, 7) is 0. The SMILES string of the molecule is COc1nnc(-c2ccccn2)c(-c2ccccn2)n1. The lowest BCUT2D eigenvalue weighted by atomic mass is 10.1. The minimum Gasteiger partial charge on any atom is -0.466 e. The molecule has 6 nitrogen and oxygen atoms in total. The first-order valence-electron chi connectivity index (χ1n) is 6.00. The minimum absolute atomic E-state index is 0.199. The molecule has 0 N–H and O–H groups in total. The third kappa shape index (κ3) is 2.31. The molecule has 3 heterocycles. The van der Waals surface area contributed by atoms with Crippen LogP contribution >= 0.6 is 0 Å². The standard InChI is InChI=1S/C14H11N5O/c1-20-14-17-12(10-6-2-4-8-15-10)13(18-19-14)11-7-3-5-9-16-11/h2-9H,1H3. The van der Waals surface area contributed by atoms with Gasteiger partial charge in [-0.15, -0.1) is 5.10 Å². The quantitative estimate of drug-likeness (QED) is 0.721. The Morgan fingerprint density at radius 2 is 1.45 bits per heavy atom. The van der Waals surface area contributed by atoms with Crippen LogP contribution in [0.5, 0.6) is 6.01 Å². The Hall–Kier alpha value is -2.89. The molecule has 0 unspecified atom stereocenters. The lowest BCUT2D eigenvalue weighted by Crippen LogP contribution is -2.02. The second kappa shape index (κ2) is 5.40. The van der Waals surface area contributed by atoms with Crippen molar-refractivity contribution in [3.05, 3.63) is 48.8 Å².